The van der Waals surface area contributed by atoms with Crippen LogP contribution in [0.5, 0.6) is 5.75 Å². The molecule has 4 aromatic rings. The summed E-state index contributed by atoms with van der Waals surface area (Å²) in [4.78, 5) is 26.7. The molecule has 1 unspecified atom stereocenters. The first-order chi connectivity index (χ1) is 19.7. The molecule has 0 aliphatic carbocycles. The minimum atomic E-state index is -1.29. The molecule has 41 heavy (non-hydrogen) atoms. The number of carbonyl (C=O) groups excluding carboxylic acids is 1. The number of carbonyl (C=O) groups is 1. The van der Waals surface area contributed by atoms with Gasteiger partial charge in [0.2, 0.25) is 12.2 Å². The Kier molecular flexibility index (Phi) is 8.88. The predicted molar refractivity (Wildman–Crippen MR) is 157 cm³/mol. The number of amidine groups is 1. The molecule has 1 amide bonds. The minimum absolute atomic E-state index is 0.0417. The van der Waals surface area contributed by atoms with Crippen LogP contribution < -0.4 is 20.7 Å². The Morgan fingerprint density at radius 3 is 2.54 bits per heavy atom. The molecule has 1 aromatic heterocycles. The highest BCUT2D eigenvalue weighted by Crippen LogP contribution is 2.30. The Bertz CT molecular complexity index is 1630. The lowest BCUT2D eigenvalue weighted by Gasteiger charge is -2.26. The summed E-state index contributed by atoms with van der Waals surface area (Å²) in [6.45, 7) is 3.52. The van der Waals surface area contributed by atoms with Gasteiger partial charge in [-0.15, -0.1) is 0 Å². The molecule has 3 aromatic carbocycles. The summed E-state index contributed by atoms with van der Waals surface area (Å²) < 4.78 is 34.2. The van der Waals surface area contributed by atoms with Gasteiger partial charge in [0.25, 0.3) is 0 Å². The fraction of sp³-hybridized carbons (Fsp3) is 0.138. The van der Waals surface area contributed by atoms with E-state index in [1.807, 2.05) is 6.07 Å². The molecule has 1 atom stereocenters. The SMILES string of the molecule is COc1ccc(C(=N)c2c(N)ncnc2NC(C)/C(=N/c2cccc(Cl)c2C)N(C=O)c2ccccc2)c(F)c1F. The van der Waals surface area contributed by atoms with Crippen LogP contribution in [0.1, 0.15) is 23.6 Å². The molecule has 4 N–H and O–H groups in total. The summed E-state index contributed by atoms with van der Waals surface area (Å²) in [5.41, 5.74) is 6.97. The van der Waals surface area contributed by atoms with Gasteiger partial charge in [0.05, 0.1) is 30.1 Å². The zero-order chi connectivity index (χ0) is 29.7. The first-order valence-electron chi connectivity index (χ1n) is 12.3. The highest BCUT2D eigenvalue weighted by molar-refractivity contribution is 6.31. The lowest BCUT2D eigenvalue weighted by molar-refractivity contribution is -0.106. The third kappa shape index (κ3) is 5.99. The Morgan fingerprint density at radius 2 is 1.85 bits per heavy atom. The number of nitrogens with one attached hydrogen (secondary N) is 2. The van der Waals surface area contributed by atoms with Gasteiger partial charge in [-0.1, -0.05) is 35.9 Å². The van der Waals surface area contributed by atoms with Crippen molar-refractivity contribution in [2.24, 2.45) is 4.99 Å². The fourth-order valence-electron chi connectivity index (χ4n) is 4.08. The van der Waals surface area contributed by atoms with E-state index in [2.05, 4.69) is 15.3 Å². The van der Waals surface area contributed by atoms with E-state index in [0.29, 0.717) is 28.4 Å². The van der Waals surface area contributed by atoms with Crippen LogP contribution in [0.4, 0.5) is 31.8 Å². The average molecular weight is 578 g/mol. The van der Waals surface area contributed by atoms with Crippen molar-refractivity contribution in [2.45, 2.75) is 19.9 Å². The van der Waals surface area contributed by atoms with Crippen LogP contribution in [0.15, 0.2) is 72.0 Å². The molecule has 0 saturated heterocycles. The highest BCUT2D eigenvalue weighted by atomic mass is 35.5. The van der Waals surface area contributed by atoms with Crippen molar-refractivity contribution < 1.29 is 18.3 Å². The lowest BCUT2D eigenvalue weighted by atomic mass is 10.0. The van der Waals surface area contributed by atoms with Crippen LogP contribution in [-0.4, -0.2) is 41.1 Å². The van der Waals surface area contributed by atoms with Crippen molar-refractivity contribution in [1.29, 1.82) is 5.41 Å². The first kappa shape index (κ1) is 29.1. The van der Waals surface area contributed by atoms with Gasteiger partial charge in [0.1, 0.15) is 23.8 Å². The summed E-state index contributed by atoms with van der Waals surface area (Å²) in [7, 11) is 1.21. The maximum Gasteiger partial charge on any atom is 0.219 e. The monoisotopic (exact) mass is 577 g/mol. The number of halogens is 3. The number of rotatable bonds is 9. The number of hydrogen-bond donors (Lipinski definition) is 3. The molecular weight excluding hydrogens is 552 g/mol. The number of anilines is 3. The molecule has 210 valence electrons. The van der Waals surface area contributed by atoms with Crippen molar-refractivity contribution >= 4 is 52.6 Å². The van der Waals surface area contributed by atoms with E-state index in [0.717, 1.165) is 0 Å². The molecule has 0 spiro atoms. The van der Waals surface area contributed by atoms with Crippen molar-refractivity contribution in [3.8, 4) is 5.75 Å². The smallest absolute Gasteiger partial charge is 0.219 e. The van der Waals surface area contributed by atoms with Gasteiger partial charge in [-0.05, 0) is 55.8 Å². The summed E-state index contributed by atoms with van der Waals surface area (Å²) >= 11 is 6.32. The number of hydrogen-bond acceptors (Lipinski definition) is 8. The molecule has 4 rings (SSSR count). The number of benzene rings is 3. The maximum absolute atomic E-state index is 14.9. The number of ether oxygens (including phenoxy) is 1. The molecule has 0 aliphatic heterocycles. The number of para-hydroxylation sites is 1. The summed E-state index contributed by atoms with van der Waals surface area (Å²) in [6.07, 6.45) is 1.79. The van der Waals surface area contributed by atoms with Gasteiger partial charge < -0.3 is 15.8 Å². The molecule has 0 bridgehead atoms. The Morgan fingerprint density at radius 1 is 1.12 bits per heavy atom. The van der Waals surface area contributed by atoms with Gasteiger partial charge >= 0.3 is 0 Å². The summed E-state index contributed by atoms with van der Waals surface area (Å²) in [5, 5.41) is 12.3. The number of methoxy groups -OCH3 is 1. The number of nitrogens with two attached hydrogens (primary N) is 1. The highest BCUT2D eigenvalue weighted by Gasteiger charge is 2.26. The second-order valence-corrected chi connectivity index (χ2v) is 9.24. The normalized spacial score (nSPS) is 12.0. The Balaban J connectivity index is 1.81. The van der Waals surface area contributed by atoms with Crippen LogP contribution in [0.2, 0.25) is 5.02 Å². The molecule has 0 saturated carbocycles. The standard InChI is InChI=1S/C29H26ClF2N7O2/c1-16-20(30)10-7-11-21(16)38-29(39(15-40)18-8-5-4-6-9-18)17(2)37-28-23(27(34)35-14-36-28)26(33)19-12-13-22(41-3)25(32)24(19)31/h4-15,17,33H,1-3H3,(H3,34,35,36,37)/b33-26?,38-29-. The van der Waals surface area contributed by atoms with Crippen molar-refractivity contribution in [1.82, 2.24) is 9.97 Å². The summed E-state index contributed by atoms with van der Waals surface area (Å²) in [6, 6.07) is 15.8. The fourth-order valence-corrected chi connectivity index (χ4v) is 4.25. The molecular formula is C29H26ClF2N7O2. The van der Waals surface area contributed by atoms with Gasteiger partial charge in [0, 0.05) is 16.3 Å². The third-order valence-electron chi connectivity index (χ3n) is 6.26. The second-order valence-electron chi connectivity index (χ2n) is 8.83. The van der Waals surface area contributed by atoms with Crippen LogP contribution >= 0.6 is 11.6 Å². The number of nitrogens with zero attached hydrogens (tertiary/aromatic N) is 4. The van der Waals surface area contributed by atoms with E-state index in [4.69, 9.17) is 32.5 Å². The van der Waals surface area contributed by atoms with Crippen LogP contribution in [0.3, 0.4) is 0 Å². The second kappa shape index (κ2) is 12.5. The Labute approximate surface area is 240 Å². The van der Waals surface area contributed by atoms with E-state index in [9.17, 15) is 13.6 Å². The van der Waals surface area contributed by atoms with Crippen LogP contribution in [-0.2, 0) is 4.79 Å². The van der Waals surface area contributed by atoms with Gasteiger partial charge in [-0.2, -0.15) is 4.39 Å². The van der Waals surface area contributed by atoms with Gasteiger partial charge in [-0.25, -0.2) is 19.4 Å². The predicted octanol–water partition coefficient (Wildman–Crippen LogP) is 5.92. The van der Waals surface area contributed by atoms with E-state index in [-0.39, 0.29) is 34.3 Å². The van der Waals surface area contributed by atoms with E-state index >= 15 is 0 Å². The largest absolute Gasteiger partial charge is 0.494 e. The topological polar surface area (TPSA) is 130 Å². The average Bonchev–Trinajstić information content (AvgIpc) is 2.97. The maximum atomic E-state index is 14.9. The van der Waals surface area contributed by atoms with E-state index in [1.54, 1.807) is 56.3 Å². The Hall–Kier alpha value is -4.90. The summed E-state index contributed by atoms with van der Waals surface area (Å²) in [5.74, 6) is -2.69. The van der Waals surface area contributed by atoms with Crippen molar-refractivity contribution in [3.05, 3.63) is 100 Å². The van der Waals surface area contributed by atoms with Gasteiger partial charge in [0.15, 0.2) is 11.6 Å². The van der Waals surface area contributed by atoms with Crippen molar-refractivity contribution in [2.75, 3.05) is 23.1 Å². The zero-order valence-corrected chi connectivity index (χ0v) is 23.1. The molecule has 0 radical (unpaired) electrons. The molecule has 0 fully saturated rings. The van der Waals surface area contributed by atoms with Gasteiger partial charge in [-0.3, -0.25) is 15.1 Å². The van der Waals surface area contributed by atoms with Crippen LogP contribution in [0, 0.1) is 24.0 Å². The molecule has 0 aliphatic rings. The van der Waals surface area contributed by atoms with Crippen LogP contribution in [0.25, 0.3) is 0 Å². The zero-order valence-electron chi connectivity index (χ0n) is 22.3. The lowest BCUT2D eigenvalue weighted by Crippen LogP contribution is -2.41. The number of aliphatic imine (C=N–C) groups is 1. The third-order valence-corrected chi connectivity index (χ3v) is 6.67. The molecule has 12 heteroatoms. The van der Waals surface area contributed by atoms with Crippen molar-refractivity contribution in [3.63, 3.8) is 0 Å². The molecule has 9 nitrogen and oxygen atoms in total. The minimum Gasteiger partial charge on any atom is -0.494 e. The number of amides is 1. The number of nitrogen functional groups attached to an aromatic ring is 1. The quantitative estimate of drug-likeness (QED) is 0.129. The first-order valence-corrected chi connectivity index (χ1v) is 12.7. The van der Waals surface area contributed by atoms with E-state index in [1.165, 1.54) is 30.5 Å². The molecule has 1 heterocycles. The van der Waals surface area contributed by atoms with E-state index < -0.39 is 23.4 Å². The number of aromatic nitrogens is 2.